The molecule has 2 aromatic rings. The molecule has 0 spiro atoms. The first-order valence-corrected chi connectivity index (χ1v) is 5.83. The van der Waals surface area contributed by atoms with Crippen LogP contribution in [-0.2, 0) is 0 Å². The predicted octanol–water partition coefficient (Wildman–Crippen LogP) is 4.22. The fourth-order valence-corrected chi connectivity index (χ4v) is 1.72. The summed E-state index contributed by atoms with van der Waals surface area (Å²) in [5.74, 6) is -0.284. The largest absolute Gasteiger partial charge is 0.573 e. The van der Waals surface area contributed by atoms with Gasteiger partial charge in [-0.05, 0) is 30.7 Å². The summed E-state index contributed by atoms with van der Waals surface area (Å²) in [5, 5.41) is 2.97. The average molecular weight is 282 g/mol. The third kappa shape index (κ3) is 3.57. The van der Waals surface area contributed by atoms with Crippen molar-refractivity contribution >= 4 is 17.1 Å². The second-order valence-corrected chi connectivity index (χ2v) is 4.24. The lowest BCUT2D eigenvalue weighted by atomic mass is 10.1. The molecule has 6 heteroatoms. The van der Waals surface area contributed by atoms with Gasteiger partial charge in [0.15, 0.2) is 0 Å². The van der Waals surface area contributed by atoms with Crippen LogP contribution in [0.1, 0.15) is 5.56 Å². The Kier molecular flexibility index (Phi) is 3.74. The van der Waals surface area contributed by atoms with Crippen LogP contribution in [0.25, 0.3) is 0 Å². The Morgan fingerprint density at radius 1 is 1.10 bits per heavy atom. The third-order valence-corrected chi connectivity index (χ3v) is 2.67. The average Bonchev–Trinajstić information content (AvgIpc) is 2.33. The summed E-state index contributed by atoms with van der Waals surface area (Å²) in [5.41, 5.74) is 8.43. The maximum Gasteiger partial charge on any atom is 0.573 e. The van der Waals surface area contributed by atoms with Crippen molar-refractivity contribution in [1.82, 2.24) is 0 Å². The van der Waals surface area contributed by atoms with E-state index in [-0.39, 0.29) is 5.75 Å². The second kappa shape index (κ2) is 5.32. The summed E-state index contributed by atoms with van der Waals surface area (Å²) in [7, 11) is 0. The van der Waals surface area contributed by atoms with Gasteiger partial charge in [0.25, 0.3) is 0 Å². The molecule has 106 valence electrons. The van der Waals surface area contributed by atoms with E-state index in [1.807, 2.05) is 19.1 Å². The molecular weight excluding hydrogens is 269 g/mol. The molecule has 0 radical (unpaired) electrons. The lowest BCUT2D eigenvalue weighted by molar-refractivity contribution is -0.274. The Morgan fingerprint density at radius 3 is 2.50 bits per heavy atom. The molecule has 0 unspecified atom stereocenters. The van der Waals surface area contributed by atoms with E-state index in [2.05, 4.69) is 10.1 Å². The third-order valence-electron chi connectivity index (χ3n) is 2.67. The number of nitrogen functional groups attached to an aromatic ring is 1. The molecule has 2 rings (SSSR count). The standard InChI is InChI=1S/C14H13F3N2O/c1-9-4-2-7-12(13(9)18)19-10-5-3-6-11(8-10)20-14(15,16)17/h2-8,19H,18H2,1H3. The van der Waals surface area contributed by atoms with Crippen molar-refractivity contribution in [3.05, 3.63) is 48.0 Å². The number of para-hydroxylation sites is 1. The first-order valence-electron chi connectivity index (χ1n) is 5.83. The molecule has 3 N–H and O–H groups in total. The summed E-state index contributed by atoms with van der Waals surface area (Å²) in [6.07, 6.45) is -4.71. The van der Waals surface area contributed by atoms with E-state index in [9.17, 15) is 13.2 Å². The van der Waals surface area contributed by atoms with Gasteiger partial charge in [-0.2, -0.15) is 0 Å². The molecule has 0 bridgehead atoms. The van der Waals surface area contributed by atoms with Crippen LogP contribution in [0.3, 0.4) is 0 Å². The molecule has 0 atom stereocenters. The summed E-state index contributed by atoms with van der Waals surface area (Å²) in [6.45, 7) is 1.85. The van der Waals surface area contributed by atoms with Crippen molar-refractivity contribution in [2.24, 2.45) is 0 Å². The van der Waals surface area contributed by atoms with Crippen LogP contribution in [0, 0.1) is 6.92 Å². The molecule has 0 aliphatic heterocycles. The van der Waals surface area contributed by atoms with Gasteiger partial charge in [0, 0.05) is 11.8 Å². The maximum absolute atomic E-state index is 12.2. The van der Waals surface area contributed by atoms with Crippen LogP contribution >= 0.6 is 0 Å². The van der Waals surface area contributed by atoms with Crippen LogP contribution in [0.2, 0.25) is 0 Å². The van der Waals surface area contributed by atoms with Crippen molar-refractivity contribution in [3.63, 3.8) is 0 Å². The summed E-state index contributed by atoms with van der Waals surface area (Å²) in [4.78, 5) is 0. The quantitative estimate of drug-likeness (QED) is 0.829. The molecule has 0 aromatic heterocycles. The molecule has 0 amide bonds. The predicted molar refractivity (Wildman–Crippen MR) is 72.0 cm³/mol. The number of anilines is 3. The van der Waals surface area contributed by atoms with Gasteiger partial charge in [-0.1, -0.05) is 18.2 Å². The van der Waals surface area contributed by atoms with E-state index in [4.69, 9.17) is 5.73 Å². The maximum atomic E-state index is 12.2. The highest BCUT2D eigenvalue weighted by atomic mass is 19.4. The molecule has 0 aliphatic rings. The zero-order valence-corrected chi connectivity index (χ0v) is 10.7. The Hall–Kier alpha value is -2.37. The van der Waals surface area contributed by atoms with Crippen molar-refractivity contribution in [3.8, 4) is 5.75 Å². The first-order chi connectivity index (χ1) is 9.35. The number of hydrogen-bond acceptors (Lipinski definition) is 3. The molecule has 0 saturated carbocycles. The van der Waals surface area contributed by atoms with Gasteiger partial charge in [-0.25, -0.2) is 0 Å². The smallest absolute Gasteiger partial charge is 0.406 e. The van der Waals surface area contributed by atoms with Crippen molar-refractivity contribution in [2.75, 3.05) is 11.1 Å². The minimum absolute atomic E-state index is 0.284. The highest BCUT2D eigenvalue weighted by Crippen LogP contribution is 2.29. The van der Waals surface area contributed by atoms with Gasteiger partial charge in [0.05, 0.1) is 11.4 Å². The number of nitrogens with one attached hydrogen (secondary N) is 1. The first kappa shape index (κ1) is 14.0. The zero-order valence-electron chi connectivity index (χ0n) is 10.7. The monoisotopic (exact) mass is 282 g/mol. The Morgan fingerprint density at radius 2 is 1.80 bits per heavy atom. The lowest BCUT2D eigenvalue weighted by Gasteiger charge is -2.13. The van der Waals surface area contributed by atoms with Gasteiger partial charge < -0.3 is 15.8 Å². The Labute approximate surface area is 114 Å². The van der Waals surface area contributed by atoms with Gasteiger partial charge in [0.1, 0.15) is 5.75 Å². The number of rotatable bonds is 3. The number of halogens is 3. The molecule has 0 heterocycles. The molecule has 20 heavy (non-hydrogen) atoms. The lowest BCUT2D eigenvalue weighted by Crippen LogP contribution is -2.17. The summed E-state index contributed by atoms with van der Waals surface area (Å²) >= 11 is 0. The van der Waals surface area contributed by atoms with Gasteiger partial charge in [-0.3, -0.25) is 0 Å². The fourth-order valence-electron chi connectivity index (χ4n) is 1.72. The number of ether oxygens (including phenoxy) is 1. The van der Waals surface area contributed by atoms with Gasteiger partial charge in [-0.15, -0.1) is 13.2 Å². The van der Waals surface area contributed by atoms with Crippen LogP contribution < -0.4 is 15.8 Å². The van der Waals surface area contributed by atoms with Crippen molar-refractivity contribution < 1.29 is 17.9 Å². The topological polar surface area (TPSA) is 47.3 Å². The number of benzene rings is 2. The van der Waals surface area contributed by atoms with Gasteiger partial charge >= 0.3 is 6.36 Å². The molecule has 2 aromatic carbocycles. The molecule has 0 saturated heterocycles. The molecule has 3 nitrogen and oxygen atoms in total. The van der Waals surface area contributed by atoms with E-state index in [0.29, 0.717) is 17.1 Å². The number of hydrogen-bond donors (Lipinski definition) is 2. The SMILES string of the molecule is Cc1cccc(Nc2cccc(OC(F)(F)F)c2)c1N. The van der Waals surface area contributed by atoms with E-state index in [1.165, 1.54) is 18.2 Å². The Bertz CT molecular complexity index is 612. The number of aryl methyl sites for hydroxylation is 1. The fraction of sp³-hybridized carbons (Fsp3) is 0.143. The number of nitrogens with two attached hydrogens (primary N) is 1. The number of alkyl halides is 3. The van der Waals surface area contributed by atoms with Crippen LogP contribution in [0.15, 0.2) is 42.5 Å². The van der Waals surface area contributed by atoms with E-state index >= 15 is 0 Å². The Balaban J connectivity index is 2.22. The second-order valence-electron chi connectivity index (χ2n) is 4.24. The van der Waals surface area contributed by atoms with Gasteiger partial charge in [0.2, 0.25) is 0 Å². The van der Waals surface area contributed by atoms with Crippen molar-refractivity contribution in [1.29, 1.82) is 0 Å². The minimum atomic E-state index is -4.71. The molecule has 0 fully saturated rings. The van der Waals surface area contributed by atoms with Crippen molar-refractivity contribution in [2.45, 2.75) is 13.3 Å². The van der Waals surface area contributed by atoms with E-state index < -0.39 is 6.36 Å². The van der Waals surface area contributed by atoms with Crippen LogP contribution in [-0.4, -0.2) is 6.36 Å². The minimum Gasteiger partial charge on any atom is -0.406 e. The molecular formula is C14H13F3N2O. The van der Waals surface area contributed by atoms with E-state index in [1.54, 1.807) is 12.1 Å². The summed E-state index contributed by atoms with van der Waals surface area (Å²) in [6, 6.07) is 11.0. The molecule has 0 aliphatic carbocycles. The zero-order chi connectivity index (χ0) is 14.8. The summed E-state index contributed by atoms with van der Waals surface area (Å²) < 4.78 is 40.3. The normalized spacial score (nSPS) is 11.2. The highest BCUT2D eigenvalue weighted by molar-refractivity contribution is 5.75. The van der Waals surface area contributed by atoms with Crippen LogP contribution in [0.5, 0.6) is 5.75 Å². The highest BCUT2D eigenvalue weighted by Gasteiger charge is 2.31. The van der Waals surface area contributed by atoms with Crippen LogP contribution in [0.4, 0.5) is 30.2 Å². The van der Waals surface area contributed by atoms with E-state index in [0.717, 1.165) is 5.56 Å².